The van der Waals surface area contributed by atoms with Gasteiger partial charge < -0.3 is 24.8 Å². The van der Waals surface area contributed by atoms with E-state index in [0.29, 0.717) is 9.54 Å². The Hall–Kier alpha value is -1.18. The Kier molecular flexibility index (Phi) is 8.97. The molecule has 4 heteroatoms. The quantitative estimate of drug-likeness (QED) is 0.406. The number of fused-ring (bicyclic) bond motifs is 2. The van der Waals surface area contributed by atoms with Gasteiger partial charge in [0, 0.05) is 0 Å². The Balaban J connectivity index is 0.00000171. The van der Waals surface area contributed by atoms with E-state index in [0.717, 1.165) is 0 Å². The van der Waals surface area contributed by atoms with Crippen LogP contribution in [-0.2, 0) is 20.9 Å². The number of hydrogen-bond acceptors (Lipinski definition) is 0. The number of benzene rings is 3. The molecule has 0 heterocycles. The molecule has 35 heavy (non-hydrogen) atoms. The van der Waals surface area contributed by atoms with E-state index >= 15 is 0 Å². The minimum Gasteiger partial charge on any atom is -1.00 e. The summed E-state index contributed by atoms with van der Waals surface area (Å²) in [7, 11) is 0. The fourth-order valence-electron chi connectivity index (χ4n) is 6.29. The van der Waals surface area contributed by atoms with Crippen LogP contribution in [0.15, 0.2) is 86.2 Å². The third-order valence-electron chi connectivity index (χ3n) is 8.24. The molecule has 2 unspecified atom stereocenters. The maximum atomic E-state index is 2.64. The second-order valence-corrected chi connectivity index (χ2v) is 29.8. The summed E-state index contributed by atoms with van der Waals surface area (Å²) in [6.07, 6.45) is 2.55. The van der Waals surface area contributed by atoms with Crippen LogP contribution >= 0.6 is 0 Å². The van der Waals surface area contributed by atoms with Gasteiger partial charge in [-0.2, -0.15) is 0 Å². The van der Waals surface area contributed by atoms with Gasteiger partial charge in [-0.15, -0.1) is 0 Å². The third kappa shape index (κ3) is 4.66. The SMILES string of the molecule is CC1=Cc2c(-c3cccc4ccccc34)cccc2[CH]1[Zr+2]([C]1=C(C)C(C)=C(C)C1C)[SiH](C)C.[Cl-].[Cl-]. The summed E-state index contributed by atoms with van der Waals surface area (Å²) in [6, 6.07) is 22.7. The average molecular weight is 598 g/mol. The maximum absolute atomic E-state index is 2.64. The van der Waals surface area contributed by atoms with Crippen molar-refractivity contribution >= 4 is 22.8 Å². The zero-order valence-corrected chi connectivity index (χ0v) is 27.0. The molecule has 0 spiro atoms. The van der Waals surface area contributed by atoms with Gasteiger partial charge in [0.2, 0.25) is 0 Å². The Bertz CT molecular complexity index is 1360. The van der Waals surface area contributed by atoms with Crippen LogP contribution in [0.1, 0.15) is 49.4 Å². The molecule has 0 aromatic heterocycles. The molecule has 0 aliphatic heterocycles. The van der Waals surface area contributed by atoms with Crippen molar-refractivity contribution < 1.29 is 45.7 Å². The molecule has 0 saturated heterocycles. The van der Waals surface area contributed by atoms with Crippen LogP contribution in [0.4, 0.5) is 0 Å². The fourth-order valence-corrected chi connectivity index (χ4v) is 29.4. The molecule has 0 bridgehead atoms. The van der Waals surface area contributed by atoms with E-state index in [1.54, 1.807) is 27.9 Å². The van der Waals surface area contributed by atoms with Crippen molar-refractivity contribution in [1.29, 1.82) is 0 Å². The van der Waals surface area contributed by atoms with Gasteiger partial charge in [0.15, 0.2) is 0 Å². The zero-order chi connectivity index (χ0) is 23.4. The van der Waals surface area contributed by atoms with Gasteiger partial charge in [-0.25, -0.2) is 0 Å². The van der Waals surface area contributed by atoms with Crippen LogP contribution in [0.2, 0.25) is 13.1 Å². The van der Waals surface area contributed by atoms with Gasteiger partial charge >= 0.3 is 209 Å². The minimum absolute atomic E-state index is 0. The summed E-state index contributed by atoms with van der Waals surface area (Å²) < 4.78 is 2.63. The molecule has 181 valence electrons. The maximum Gasteiger partial charge on any atom is -1.00 e. The van der Waals surface area contributed by atoms with Crippen LogP contribution in [0.5, 0.6) is 0 Å². The minimum atomic E-state index is -1.91. The monoisotopic (exact) mass is 595 g/mol. The van der Waals surface area contributed by atoms with Gasteiger partial charge in [-0.05, 0) is 0 Å². The molecule has 2 atom stereocenters. The first-order chi connectivity index (χ1) is 15.8. The predicted molar refractivity (Wildman–Crippen MR) is 145 cm³/mol. The van der Waals surface area contributed by atoms with Gasteiger partial charge in [-0.3, -0.25) is 0 Å². The second-order valence-electron chi connectivity index (χ2n) is 10.3. The Labute approximate surface area is 232 Å². The van der Waals surface area contributed by atoms with Crippen LogP contribution in [0.3, 0.4) is 0 Å². The number of rotatable bonds is 4. The molecular weight excluding hydrogens is 563 g/mol. The molecule has 0 radical (unpaired) electrons. The summed E-state index contributed by atoms with van der Waals surface area (Å²) >= 11 is -1.91. The van der Waals surface area contributed by atoms with Crippen LogP contribution < -0.4 is 24.8 Å². The smallest absolute Gasteiger partial charge is 1.00 e. The van der Waals surface area contributed by atoms with Gasteiger partial charge in [0.1, 0.15) is 0 Å². The van der Waals surface area contributed by atoms with Crippen molar-refractivity contribution in [3.8, 4) is 11.1 Å². The largest absolute Gasteiger partial charge is 1.00 e. The van der Waals surface area contributed by atoms with Crippen LogP contribution in [0, 0.1) is 5.92 Å². The predicted octanol–water partition coefficient (Wildman–Crippen LogP) is 2.83. The van der Waals surface area contributed by atoms with E-state index in [1.165, 1.54) is 27.5 Å². The van der Waals surface area contributed by atoms with E-state index < -0.39 is 26.8 Å². The van der Waals surface area contributed by atoms with Gasteiger partial charge in [0.05, 0.1) is 0 Å². The summed E-state index contributed by atoms with van der Waals surface area (Å²) in [6.45, 7) is 17.4. The van der Waals surface area contributed by atoms with Crippen LogP contribution in [0.25, 0.3) is 28.0 Å². The van der Waals surface area contributed by atoms with Crippen molar-refractivity contribution in [2.75, 3.05) is 0 Å². The first-order valence-electron chi connectivity index (χ1n) is 12.4. The molecule has 2 aliphatic rings. The Morgan fingerprint density at radius 3 is 2.03 bits per heavy atom. The van der Waals surface area contributed by atoms with Crippen molar-refractivity contribution in [2.24, 2.45) is 5.92 Å². The number of hydrogen-bond donors (Lipinski definition) is 0. The molecule has 0 amide bonds. The second kappa shape index (κ2) is 11.1. The molecule has 0 saturated carbocycles. The Morgan fingerprint density at radius 1 is 0.743 bits per heavy atom. The van der Waals surface area contributed by atoms with Crippen LogP contribution in [-0.4, -0.2) is 5.92 Å². The topological polar surface area (TPSA) is 0 Å². The summed E-state index contributed by atoms with van der Waals surface area (Å²) in [5.41, 5.74) is 12.4. The van der Waals surface area contributed by atoms with E-state index in [4.69, 9.17) is 0 Å². The number of allylic oxidation sites excluding steroid dienone is 5. The number of halogens is 2. The molecule has 5 rings (SSSR count). The summed E-state index contributed by atoms with van der Waals surface area (Å²) in [5, 5.41) is 2.68. The molecule has 0 N–H and O–H groups in total. The first-order valence-corrected chi connectivity index (χ1v) is 22.1. The fraction of sp³-hybridized carbons (Fsp3) is 0.290. The standard InChI is InChI=1S/C20H15.C9H13.C2H7Si.2ClH.Zr/c1-14-12-16-8-5-11-19(20(16)13-14)18-10-4-7-15-6-2-3-9-17(15)18;1-6-5-7(2)9(4)8(6)3;1-3-2;;;/h2-13H,1H3;6H,1-4H3;3H,1-2H3;2*1H;/q;;;;;+2/p-2. The van der Waals surface area contributed by atoms with E-state index in [1.807, 2.05) is 3.28 Å². The molecular formula is C31H35Cl2SiZr. The normalized spacial score (nSPS) is 19.0. The van der Waals surface area contributed by atoms with Crippen molar-refractivity contribution in [1.82, 2.24) is 0 Å². The molecule has 0 fully saturated rings. The van der Waals surface area contributed by atoms with Gasteiger partial charge in [-0.1, -0.05) is 0 Å². The molecule has 3 aromatic carbocycles. The Morgan fingerprint density at radius 2 is 1.37 bits per heavy atom. The zero-order valence-electron chi connectivity index (χ0n) is 21.8. The van der Waals surface area contributed by atoms with Crippen molar-refractivity contribution in [3.63, 3.8) is 0 Å². The summed E-state index contributed by atoms with van der Waals surface area (Å²) in [4.78, 5) is 0. The average Bonchev–Trinajstić information content (AvgIpc) is 3.23. The van der Waals surface area contributed by atoms with Crippen molar-refractivity contribution in [3.05, 3.63) is 97.4 Å². The van der Waals surface area contributed by atoms with E-state index in [9.17, 15) is 0 Å². The molecule has 3 aromatic rings. The first kappa shape index (κ1) is 28.4. The van der Waals surface area contributed by atoms with E-state index in [-0.39, 0.29) is 24.8 Å². The van der Waals surface area contributed by atoms with Gasteiger partial charge in [0.25, 0.3) is 0 Å². The molecule has 0 nitrogen and oxygen atoms in total. The van der Waals surface area contributed by atoms with Crippen molar-refractivity contribution in [2.45, 2.75) is 51.3 Å². The third-order valence-corrected chi connectivity index (χ3v) is 29.4. The van der Waals surface area contributed by atoms with E-state index in [2.05, 4.69) is 114 Å². The molecule has 2 aliphatic carbocycles. The summed E-state index contributed by atoms with van der Waals surface area (Å²) in [5.74, 6) is -0.119.